The smallest absolute Gasteiger partial charge is 0.304 e. The first-order valence-electron chi connectivity index (χ1n) is 20.8. The summed E-state index contributed by atoms with van der Waals surface area (Å²) < 4.78 is 60.6. The van der Waals surface area contributed by atoms with Crippen molar-refractivity contribution in [3.05, 3.63) is 84.1 Å². The van der Waals surface area contributed by atoms with Crippen LogP contribution in [-0.2, 0) is 40.8 Å². The zero-order chi connectivity index (χ0) is 42.1. The largest absolute Gasteiger partial charge is 0.481 e. The molecule has 15 nitrogen and oxygen atoms in total. The lowest BCUT2D eigenvalue weighted by molar-refractivity contribution is -0.137. The molecule has 3 N–H and O–H groups in total. The number of sulfone groups is 2. The van der Waals surface area contributed by atoms with E-state index in [1.165, 1.54) is 88.5 Å². The van der Waals surface area contributed by atoms with Gasteiger partial charge in [0.25, 0.3) is 0 Å². The van der Waals surface area contributed by atoms with Gasteiger partial charge in [0.1, 0.15) is 11.5 Å². The Morgan fingerprint density at radius 1 is 0.644 bits per heavy atom. The molecule has 6 rings (SSSR count). The number of hydrogen-bond donors (Lipinski definition) is 3. The van der Waals surface area contributed by atoms with E-state index < -0.39 is 37.5 Å². The molecule has 322 valence electrons. The summed E-state index contributed by atoms with van der Waals surface area (Å²) in [4.78, 5) is 31.9. The normalized spacial score (nSPS) is 16.4. The third kappa shape index (κ3) is 14.9. The van der Waals surface area contributed by atoms with Crippen LogP contribution in [0.3, 0.4) is 0 Å². The van der Waals surface area contributed by atoms with Crippen molar-refractivity contribution < 1.29 is 45.8 Å². The van der Waals surface area contributed by atoms with Crippen LogP contribution in [-0.4, -0.2) is 59.3 Å². The molecule has 17 heteroatoms. The Morgan fingerprint density at radius 2 is 1.05 bits per heavy atom. The van der Waals surface area contributed by atoms with Crippen molar-refractivity contribution >= 4 is 31.6 Å². The van der Waals surface area contributed by atoms with Crippen molar-refractivity contribution in [2.24, 2.45) is 11.8 Å². The Balaban J connectivity index is 0.000000224. The van der Waals surface area contributed by atoms with Crippen molar-refractivity contribution in [2.45, 2.75) is 149 Å². The molecule has 2 fully saturated rings. The van der Waals surface area contributed by atoms with E-state index >= 15 is 0 Å². The summed E-state index contributed by atoms with van der Waals surface area (Å²) in [5.41, 5.74) is 1.65. The minimum atomic E-state index is -3.59. The fraction of sp³-hybridized carbons (Fsp3) is 0.571. The van der Waals surface area contributed by atoms with Gasteiger partial charge in [0.2, 0.25) is 17.7 Å². The van der Waals surface area contributed by atoms with Crippen LogP contribution in [0.2, 0.25) is 0 Å². The van der Waals surface area contributed by atoms with Gasteiger partial charge in [-0.1, -0.05) is 137 Å². The highest BCUT2D eigenvalue weighted by molar-refractivity contribution is 7.91. The third-order valence-electron chi connectivity index (χ3n) is 11.3. The lowest BCUT2D eigenvalue weighted by Crippen LogP contribution is -2.21. The number of carbonyl (C=O) groups excluding carboxylic acids is 1. The van der Waals surface area contributed by atoms with E-state index in [0.29, 0.717) is 12.8 Å². The monoisotopic (exact) mass is 855 g/mol. The number of benzene rings is 2. The van der Waals surface area contributed by atoms with E-state index in [1.807, 2.05) is 0 Å². The molecule has 2 aromatic heterocycles. The van der Waals surface area contributed by atoms with Gasteiger partial charge in [0.05, 0.1) is 16.2 Å². The standard InChI is InChI=1S/C21H29N3O5S.C21H28N2O5S/c25-20(23-26)14-17(11-7-10-16-8-3-1-4-9-16)21-22-19(24-29-21)15-30(27,28)18-12-5-2-6-13-18;24-20(25)14-17(11-7-10-16-8-3-1-4-9-16)21-22-19(23-28-21)15-29(26,27)18-12-5-2-6-13-18/h2,5-6,12-13,16-17,26H,1,3-4,7-11,14-15H2,(H,23,25);2,5-6,12-13,16-17H,1,3-4,7-11,14-15H2,(H,24,25)/t2*17-/m11/s1. The quantitative estimate of drug-likeness (QED) is 0.0563. The number of amides is 1. The molecule has 0 spiro atoms. The van der Waals surface area contributed by atoms with Crippen LogP contribution in [0.1, 0.15) is 151 Å². The number of carboxylic acid groups (broad SMARTS) is 1. The Morgan fingerprint density at radius 3 is 1.44 bits per heavy atom. The van der Waals surface area contributed by atoms with Crippen molar-refractivity contribution in [3.8, 4) is 0 Å². The van der Waals surface area contributed by atoms with Gasteiger partial charge in [0.15, 0.2) is 31.3 Å². The molecular formula is C42H57N5O10S2. The van der Waals surface area contributed by atoms with Crippen molar-refractivity contribution in [1.29, 1.82) is 0 Å². The molecule has 2 saturated carbocycles. The summed E-state index contributed by atoms with van der Waals surface area (Å²) in [6.45, 7) is 0. The highest BCUT2D eigenvalue weighted by Gasteiger charge is 2.27. The molecule has 0 saturated heterocycles. The first-order valence-corrected chi connectivity index (χ1v) is 24.1. The van der Waals surface area contributed by atoms with Gasteiger partial charge in [-0.2, -0.15) is 9.97 Å². The van der Waals surface area contributed by atoms with Crippen LogP contribution < -0.4 is 5.48 Å². The van der Waals surface area contributed by atoms with Crippen LogP contribution in [0.25, 0.3) is 0 Å². The van der Waals surface area contributed by atoms with Crippen LogP contribution in [0.15, 0.2) is 79.5 Å². The van der Waals surface area contributed by atoms with Crippen molar-refractivity contribution in [1.82, 2.24) is 25.8 Å². The van der Waals surface area contributed by atoms with Gasteiger partial charge in [-0.15, -0.1) is 0 Å². The Kier molecular flexibility index (Phi) is 17.6. The molecule has 59 heavy (non-hydrogen) atoms. The van der Waals surface area contributed by atoms with Crippen LogP contribution in [0, 0.1) is 11.8 Å². The number of aliphatic carboxylic acids is 1. The predicted molar refractivity (Wildman–Crippen MR) is 216 cm³/mol. The first-order chi connectivity index (χ1) is 28.4. The maximum Gasteiger partial charge on any atom is 0.304 e. The maximum absolute atomic E-state index is 12.5. The molecule has 2 heterocycles. The number of carbonyl (C=O) groups is 2. The third-order valence-corrected chi connectivity index (χ3v) is 14.5. The van der Waals surface area contributed by atoms with E-state index in [-0.39, 0.29) is 63.5 Å². The molecule has 2 aliphatic rings. The molecular weight excluding hydrogens is 799 g/mol. The van der Waals surface area contributed by atoms with Gasteiger partial charge < -0.3 is 14.2 Å². The topological polar surface area (TPSA) is 233 Å². The summed E-state index contributed by atoms with van der Waals surface area (Å²) in [5.74, 6) is -0.929. The minimum absolute atomic E-state index is 0.00817. The summed E-state index contributed by atoms with van der Waals surface area (Å²) in [5, 5.41) is 25.8. The average Bonchev–Trinajstić information content (AvgIpc) is 3.91. The fourth-order valence-electron chi connectivity index (χ4n) is 8.11. The maximum atomic E-state index is 12.5. The Labute approximate surface area is 346 Å². The molecule has 4 aromatic rings. The second-order valence-electron chi connectivity index (χ2n) is 15.8. The molecule has 1 amide bonds. The van der Waals surface area contributed by atoms with Crippen molar-refractivity contribution in [3.63, 3.8) is 0 Å². The van der Waals surface area contributed by atoms with Crippen molar-refractivity contribution in [2.75, 3.05) is 0 Å². The summed E-state index contributed by atoms with van der Waals surface area (Å²) in [7, 11) is -7.17. The number of aromatic nitrogens is 4. The van der Waals surface area contributed by atoms with Gasteiger partial charge in [-0.25, -0.2) is 22.3 Å². The van der Waals surface area contributed by atoms with Crippen LogP contribution in [0.5, 0.6) is 0 Å². The molecule has 0 radical (unpaired) electrons. The highest BCUT2D eigenvalue weighted by Crippen LogP contribution is 2.33. The zero-order valence-corrected chi connectivity index (χ0v) is 35.1. The van der Waals surface area contributed by atoms with Gasteiger partial charge in [-0.05, 0) is 48.9 Å². The molecule has 0 aliphatic heterocycles. The number of nitrogens with zero attached hydrogens (tertiary/aromatic N) is 4. The number of hydrogen-bond acceptors (Lipinski definition) is 13. The second-order valence-corrected chi connectivity index (χ2v) is 19.8. The highest BCUT2D eigenvalue weighted by atomic mass is 32.2. The van der Waals surface area contributed by atoms with E-state index in [0.717, 1.165) is 37.5 Å². The Hall–Kier alpha value is -4.48. The number of hydroxylamine groups is 1. The van der Waals surface area contributed by atoms with E-state index in [1.54, 1.807) is 41.9 Å². The second kappa shape index (κ2) is 22.8. The number of nitrogens with one attached hydrogen (secondary N) is 1. The summed E-state index contributed by atoms with van der Waals surface area (Å²) in [6.07, 6.45) is 18.0. The first kappa shape index (κ1) is 45.6. The molecule has 2 aliphatic carbocycles. The number of carboxylic acids is 1. The summed E-state index contributed by atoms with van der Waals surface area (Å²) >= 11 is 0. The lowest BCUT2D eigenvalue weighted by atomic mass is 9.84. The van der Waals surface area contributed by atoms with Gasteiger partial charge in [-0.3, -0.25) is 14.8 Å². The predicted octanol–water partition coefficient (Wildman–Crippen LogP) is 8.13. The SMILES string of the molecule is O=C(C[C@@H](CCCC1CCCCC1)c1nc(CS(=O)(=O)c2ccccc2)no1)NO.O=C(O)C[C@@H](CCCC1CCCCC1)c1nc(CS(=O)(=O)c2ccccc2)no1. The van der Waals surface area contributed by atoms with Gasteiger partial charge in [0, 0.05) is 18.3 Å². The van der Waals surface area contributed by atoms with Gasteiger partial charge >= 0.3 is 5.97 Å². The molecule has 0 bridgehead atoms. The fourth-order valence-corrected chi connectivity index (χ4v) is 10.5. The van der Waals surface area contributed by atoms with E-state index in [2.05, 4.69) is 20.3 Å². The zero-order valence-electron chi connectivity index (χ0n) is 33.5. The molecule has 2 aromatic carbocycles. The van der Waals surface area contributed by atoms with E-state index in [4.69, 9.17) is 14.3 Å². The molecule has 2 atom stereocenters. The minimum Gasteiger partial charge on any atom is -0.481 e. The Bertz CT molecular complexity index is 2100. The summed E-state index contributed by atoms with van der Waals surface area (Å²) in [6, 6.07) is 16.2. The molecule has 0 unspecified atom stereocenters. The van der Waals surface area contributed by atoms with E-state index in [9.17, 15) is 31.5 Å². The average molecular weight is 856 g/mol. The van der Waals surface area contributed by atoms with Crippen LogP contribution in [0.4, 0.5) is 0 Å². The lowest BCUT2D eigenvalue weighted by Gasteiger charge is -2.22. The number of rotatable bonds is 20. The van der Waals surface area contributed by atoms with Crippen LogP contribution >= 0.6 is 0 Å².